The number of carbonyl (C=O) groups excluding carboxylic acids is 4. The molecule has 0 spiro atoms. The van der Waals surface area contributed by atoms with Crippen LogP contribution in [0.25, 0.3) is 0 Å². The molecule has 192 valence electrons. The molecular formula is C26H27F3N2O5. The average Bonchev–Trinajstić information content (AvgIpc) is 3.35. The molecule has 1 fully saturated rings. The number of anilines is 1. The van der Waals surface area contributed by atoms with Crippen LogP contribution in [0.3, 0.4) is 0 Å². The monoisotopic (exact) mass is 504 g/mol. The molecule has 0 aliphatic carbocycles. The molecule has 3 rings (SSSR count). The fourth-order valence-corrected chi connectivity index (χ4v) is 4.08. The second kappa shape index (κ2) is 11.8. The number of rotatable bonds is 9. The van der Waals surface area contributed by atoms with Crippen molar-refractivity contribution in [1.82, 2.24) is 4.90 Å². The van der Waals surface area contributed by atoms with Gasteiger partial charge >= 0.3 is 12.1 Å². The van der Waals surface area contributed by atoms with E-state index in [-0.39, 0.29) is 26.0 Å². The zero-order chi connectivity index (χ0) is 26.3. The Morgan fingerprint density at radius 2 is 1.67 bits per heavy atom. The van der Waals surface area contributed by atoms with Crippen LogP contribution in [0.1, 0.15) is 43.7 Å². The van der Waals surface area contributed by atoms with E-state index in [0.29, 0.717) is 30.6 Å². The summed E-state index contributed by atoms with van der Waals surface area (Å²) in [6.45, 7) is 1.95. The number of esters is 1. The molecule has 10 heteroatoms. The SMILES string of the molecule is CCOC(=O)C(=O)C1CCCN1C(=O)CCC(=O)N(Cc1ccc(C(F)(F)F)cc1)c1ccccc1. The minimum absolute atomic E-state index is 0.0167. The fraction of sp³-hybridized carbons (Fsp3) is 0.385. The summed E-state index contributed by atoms with van der Waals surface area (Å²) in [5.41, 5.74) is 0.240. The van der Waals surface area contributed by atoms with Gasteiger partial charge in [0.1, 0.15) is 6.04 Å². The Bertz CT molecular complexity index is 1090. The number of halogens is 3. The van der Waals surface area contributed by atoms with E-state index in [1.165, 1.54) is 21.9 Å². The first kappa shape index (κ1) is 26.9. The molecule has 1 heterocycles. The molecular weight excluding hydrogens is 477 g/mol. The van der Waals surface area contributed by atoms with Gasteiger partial charge in [-0.25, -0.2) is 4.79 Å². The normalized spacial score (nSPS) is 15.4. The summed E-state index contributed by atoms with van der Waals surface area (Å²) >= 11 is 0. The van der Waals surface area contributed by atoms with E-state index < -0.39 is 41.3 Å². The smallest absolute Gasteiger partial charge is 0.416 e. The minimum Gasteiger partial charge on any atom is -0.460 e. The number of likely N-dealkylation sites (tertiary alicyclic amines) is 1. The van der Waals surface area contributed by atoms with Gasteiger partial charge in [0.2, 0.25) is 11.8 Å². The Labute approximate surface area is 206 Å². The molecule has 2 amide bonds. The van der Waals surface area contributed by atoms with Crippen LogP contribution in [0, 0.1) is 0 Å². The maximum absolute atomic E-state index is 13.1. The van der Waals surface area contributed by atoms with Crippen LogP contribution in [0.5, 0.6) is 0 Å². The van der Waals surface area contributed by atoms with Gasteiger partial charge in [-0.2, -0.15) is 13.2 Å². The molecule has 0 bridgehead atoms. The summed E-state index contributed by atoms with van der Waals surface area (Å²) in [7, 11) is 0. The number of hydrogen-bond acceptors (Lipinski definition) is 5. The van der Waals surface area contributed by atoms with E-state index >= 15 is 0 Å². The molecule has 0 aromatic heterocycles. The van der Waals surface area contributed by atoms with Crippen LogP contribution in [-0.4, -0.2) is 47.7 Å². The lowest BCUT2D eigenvalue weighted by molar-refractivity contribution is -0.156. The fourth-order valence-electron chi connectivity index (χ4n) is 4.08. The molecule has 0 saturated carbocycles. The minimum atomic E-state index is -4.46. The highest BCUT2D eigenvalue weighted by atomic mass is 19.4. The third kappa shape index (κ3) is 6.71. The van der Waals surface area contributed by atoms with Crippen molar-refractivity contribution in [3.8, 4) is 0 Å². The summed E-state index contributed by atoms with van der Waals surface area (Å²) < 4.78 is 43.4. The Balaban J connectivity index is 1.69. The number of carbonyl (C=O) groups is 4. The highest BCUT2D eigenvalue weighted by Gasteiger charge is 2.38. The molecule has 1 saturated heterocycles. The maximum Gasteiger partial charge on any atom is 0.416 e. The van der Waals surface area contributed by atoms with E-state index in [2.05, 4.69) is 0 Å². The Morgan fingerprint density at radius 3 is 2.28 bits per heavy atom. The lowest BCUT2D eigenvalue weighted by atomic mass is 10.1. The van der Waals surface area contributed by atoms with Gasteiger partial charge < -0.3 is 14.5 Å². The second-order valence-electron chi connectivity index (χ2n) is 8.34. The van der Waals surface area contributed by atoms with Gasteiger partial charge in [-0.05, 0) is 49.6 Å². The third-order valence-corrected chi connectivity index (χ3v) is 5.90. The van der Waals surface area contributed by atoms with Crippen LogP contribution < -0.4 is 4.90 Å². The standard InChI is InChI=1S/C26H27F3N2O5/c1-2-36-25(35)24(34)21-9-6-16-30(21)22(32)14-15-23(33)31(20-7-4-3-5-8-20)17-18-10-12-19(13-11-18)26(27,28)29/h3-5,7-8,10-13,21H,2,6,9,14-17H2,1H3. The summed E-state index contributed by atoms with van der Waals surface area (Å²) in [6, 6.07) is 12.2. The predicted octanol–water partition coefficient (Wildman–Crippen LogP) is 4.14. The quantitative estimate of drug-likeness (QED) is 0.379. The number of para-hydroxylation sites is 1. The number of benzene rings is 2. The van der Waals surface area contributed by atoms with Crippen molar-refractivity contribution in [3.63, 3.8) is 0 Å². The number of alkyl halides is 3. The highest BCUT2D eigenvalue weighted by Crippen LogP contribution is 2.29. The summed E-state index contributed by atoms with van der Waals surface area (Å²) in [4.78, 5) is 52.9. The topological polar surface area (TPSA) is 84.0 Å². The van der Waals surface area contributed by atoms with Crippen LogP contribution >= 0.6 is 0 Å². The predicted molar refractivity (Wildman–Crippen MR) is 125 cm³/mol. The van der Waals surface area contributed by atoms with Gasteiger partial charge in [0.05, 0.1) is 18.7 Å². The summed E-state index contributed by atoms with van der Waals surface area (Å²) in [5, 5.41) is 0. The highest BCUT2D eigenvalue weighted by molar-refractivity contribution is 6.36. The van der Waals surface area contributed by atoms with Crippen LogP contribution in [0.15, 0.2) is 54.6 Å². The van der Waals surface area contributed by atoms with E-state index in [0.717, 1.165) is 12.1 Å². The van der Waals surface area contributed by atoms with Gasteiger partial charge in [0, 0.05) is 25.1 Å². The Morgan fingerprint density at radius 1 is 1.00 bits per heavy atom. The molecule has 0 radical (unpaired) electrons. The molecule has 2 aromatic rings. The number of Topliss-reactive ketones (excluding diaryl/α,β-unsaturated/α-hetero) is 1. The third-order valence-electron chi connectivity index (χ3n) is 5.90. The van der Waals surface area contributed by atoms with Gasteiger partial charge in [-0.15, -0.1) is 0 Å². The largest absolute Gasteiger partial charge is 0.460 e. The zero-order valence-corrected chi connectivity index (χ0v) is 19.8. The summed E-state index contributed by atoms with van der Waals surface area (Å²) in [5.74, 6) is -2.58. The van der Waals surface area contributed by atoms with Gasteiger partial charge in [-0.1, -0.05) is 30.3 Å². The number of hydrogen-bond donors (Lipinski definition) is 0. The first-order chi connectivity index (χ1) is 17.1. The van der Waals surface area contributed by atoms with Crippen molar-refractivity contribution in [3.05, 3.63) is 65.7 Å². The Kier molecular flexibility index (Phi) is 8.84. The van der Waals surface area contributed by atoms with Crippen molar-refractivity contribution >= 4 is 29.3 Å². The molecule has 1 aliphatic rings. The number of nitrogens with zero attached hydrogens (tertiary/aromatic N) is 2. The molecule has 0 N–H and O–H groups in total. The molecule has 1 aliphatic heterocycles. The first-order valence-corrected chi connectivity index (χ1v) is 11.6. The van der Waals surface area contributed by atoms with Crippen molar-refractivity contribution in [2.75, 3.05) is 18.1 Å². The number of ketones is 1. The van der Waals surface area contributed by atoms with Crippen LogP contribution in [0.2, 0.25) is 0 Å². The van der Waals surface area contributed by atoms with E-state index in [4.69, 9.17) is 4.74 Å². The van der Waals surface area contributed by atoms with E-state index in [9.17, 15) is 32.3 Å². The van der Waals surface area contributed by atoms with Gasteiger partial charge in [-0.3, -0.25) is 14.4 Å². The van der Waals surface area contributed by atoms with Crippen molar-refractivity contribution in [2.45, 2.75) is 51.4 Å². The zero-order valence-electron chi connectivity index (χ0n) is 19.8. The van der Waals surface area contributed by atoms with Crippen molar-refractivity contribution < 1.29 is 37.1 Å². The number of ether oxygens (including phenoxy) is 1. The lowest BCUT2D eigenvalue weighted by Crippen LogP contribution is -2.44. The van der Waals surface area contributed by atoms with Crippen LogP contribution in [0.4, 0.5) is 18.9 Å². The molecule has 36 heavy (non-hydrogen) atoms. The molecule has 1 unspecified atom stereocenters. The number of amides is 2. The molecule has 2 aromatic carbocycles. The Hall–Kier alpha value is -3.69. The lowest BCUT2D eigenvalue weighted by Gasteiger charge is -2.25. The van der Waals surface area contributed by atoms with E-state index in [1.54, 1.807) is 37.3 Å². The average molecular weight is 505 g/mol. The molecule has 1 atom stereocenters. The molecule has 7 nitrogen and oxygen atoms in total. The summed E-state index contributed by atoms with van der Waals surface area (Å²) in [6.07, 6.45) is -3.91. The van der Waals surface area contributed by atoms with E-state index in [1.807, 2.05) is 0 Å². The second-order valence-corrected chi connectivity index (χ2v) is 8.34. The van der Waals surface area contributed by atoms with Gasteiger partial charge in [0.15, 0.2) is 0 Å². The first-order valence-electron chi connectivity index (χ1n) is 11.6. The van der Waals surface area contributed by atoms with Crippen molar-refractivity contribution in [1.29, 1.82) is 0 Å². The van der Waals surface area contributed by atoms with Crippen molar-refractivity contribution in [2.24, 2.45) is 0 Å². The van der Waals surface area contributed by atoms with Crippen LogP contribution in [-0.2, 0) is 36.6 Å². The van der Waals surface area contributed by atoms with Gasteiger partial charge in [0.25, 0.3) is 5.78 Å². The maximum atomic E-state index is 13.1.